The highest BCUT2D eigenvalue weighted by molar-refractivity contribution is 5.71. The summed E-state index contributed by atoms with van der Waals surface area (Å²) in [6.07, 6.45) is 121. The van der Waals surface area contributed by atoms with Gasteiger partial charge in [0.1, 0.15) is 13.2 Å². The summed E-state index contributed by atoms with van der Waals surface area (Å²) in [5, 5.41) is 9.77. The van der Waals surface area contributed by atoms with Crippen LogP contribution in [-0.4, -0.2) is 87.4 Å². The molecule has 0 radical (unpaired) electrons. The van der Waals surface area contributed by atoms with Gasteiger partial charge in [-0.15, -0.1) is 0 Å². The average molecular weight is 1400 g/mol. The van der Waals surface area contributed by atoms with Crippen LogP contribution in [0.2, 0.25) is 0 Å². The monoisotopic (exact) mass is 1400 g/mol. The standard InChI is InChI=1S/C92H147NO8/c1-6-8-10-12-14-16-18-20-22-24-26-28-30-32-34-36-38-40-42-44-45-47-48-50-52-54-56-58-60-62-64-66-68-70-72-74-76-78-80-82-89(94)99-86-88(87-100-92(91(96)97)98-85-84-93(3,4)5)101-90(95)83-81-79-77-75-73-71-69-67-65-63-61-59-57-55-53-51-49-46-43-41-39-37-35-33-31-29-27-25-23-21-19-17-15-13-11-9-7-2/h8-11,14-17,20-23,26-29,32-35,38-41,46,49,53,55,59,61,65,67,71,73,88,92H,6-7,12-13,18-19,24-25,30-31,36-37,42-45,47-48,50-52,54,56-58,60,62-64,66,68-70,72,74-87H2,1-5H3/p+1/b10-8-,11-9-,16-14-,17-15-,22-20-,23-21-,28-26-,29-27-,34-32-,35-33-,40-38-,41-39-,49-46-,55-53-,61-59-,67-65-,73-71-. The zero-order valence-electron chi connectivity index (χ0n) is 65.0. The van der Waals surface area contributed by atoms with E-state index in [0.29, 0.717) is 17.4 Å². The van der Waals surface area contributed by atoms with Gasteiger partial charge in [0.2, 0.25) is 0 Å². The van der Waals surface area contributed by atoms with Crippen molar-refractivity contribution >= 4 is 17.9 Å². The fourth-order valence-electron chi connectivity index (χ4n) is 10.5. The topological polar surface area (TPSA) is 108 Å². The van der Waals surface area contributed by atoms with Crippen LogP contribution in [0.25, 0.3) is 0 Å². The van der Waals surface area contributed by atoms with Crippen LogP contribution in [0.3, 0.4) is 0 Å². The van der Waals surface area contributed by atoms with Crippen molar-refractivity contribution in [1.82, 2.24) is 0 Å². The number of hydrogen-bond donors (Lipinski definition) is 1. The van der Waals surface area contributed by atoms with Crippen LogP contribution in [0.4, 0.5) is 0 Å². The maximum atomic E-state index is 13.0. The Morgan fingerprint density at radius 3 is 0.802 bits per heavy atom. The maximum absolute atomic E-state index is 13.0. The summed E-state index contributed by atoms with van der Waals surface area (Å²) in [6.45, 7) is 4.60. The molecule has 0 bridgehead atoms. The Bertz CT molecular complexity index is 2420. The van der Waals surface area contributed by atoms with Gasteiger partial charge in [-0.2, -0.15) is 0 Å². The summed E-state index contributed by atoms with van der Waals surface area (Å²) in [4.78, 5) is 37.7. The molecule has 0 aliphatic carbocycles. The zero-order valence-corrected chi connectivity index (χ0v) is 65.0. The second-order valence-corrected chi connectivity index (χ2v) is 27.3. The Morgan fingerprint density at radius 2 is 0.535 bits per heavy atom. The number of allylic oxidation sites excluding steroid dienone is 34. The molecule has 0 saturated heterocycles. The number of likely N-dealkylation sites (N-methyl/N-ethyl adjacent to an activating group) is 1. The van der Waals surface area contributed by atoms with E-state index in [9.17, 15) is 19.5 Å². The molecule has 9 nitrogen and oxygen atoms in total. The van der Waals surface area contributed by atoms with Crippen LogP contribution in [0.1, 0.15) is 296 Å². The molecule has 9 heteroatoms. The molecule has 0 aromatic carbocycles. The van der Waals surface area contributed by atoms with Crippen LogP contribution in [0.15, 0.2) is 207 Å². The molecule has 0 saturated carbocycles. The van der Waals surface area contributed by atoms with Crippen LogP contribution < -0.4 is 0 Å². The third-order valence-electron chi connectivity index (χ3n) is 16.5. The van der Waals surface area contributed by atoms with Crippen molar-refractivity contribution in [2.75, 3.05) is 47.5 Å². The fourth-order valence-corrected chi connectivity index (χ4v) is 10.5. The number of ether oxygens (including phenoxy) is 4. The molecule has 0 amide bonds. The molecule has 0 aliphatic rings. The average Bonchev–Trinajstić information content (AvgIpc) is 1.25. The second-order valence-electron chi connectivity index (χ2n) is 27.3. The Balaban J connectivity index is 4.14. The van der Waals surface area contributed by atoms with E-state index in [1.165, 1.54) is 116 Å². The molecule has 0 aliphatic heterocycles. The number of hydrogen-bond acceptors (Lipinski definition) is 7. The molecule has 2 atom stereocenters. The number of esters is 2. The van der Waals surface area contributed by atoms with E-state index in [4.69, 9.17) is 18.9 Å². The first-order valence-corrected chi connectivity index (χ1v) is 40.2. The lowest BCUT2D eigenvalue weighted by Crippen LogP contribution is -2.40. The number of nitrogens with zero attached hydrogens (tertiary/aromatic N) is 1. The van der Waals surface area contributed by atoms with Gasteiger partial charge >= 0.3 is 17.9 Å². The Kier molecular flexibility index (Phi) is 74.7. The van der Waals surface area contributed by atoms with Gasteiger partial charge in [-0.25, -0.2) is 4.79 Å². The zero-order chi connectivity index (χ0) is 73.2. The molecule has 0 spiro atoms. The summed E-state index contributed by atoms with van der Waals surface area (Å²) in [5.74, 6) is -2.06. The van der Waals surface area contributed by atoms with Gasteiger partial charge in [-0.3, -0.25) is 9.59 Å². The van der Waals surface area contributed by atoms with Gasteiger partial charge in [-0.05, 0) is 148 Å². The van der Waals surface area contributed by atoms with Crippen molar-refractivity contribution in [1.29, 1.82) is 0 Å². The number of aliphatic carboxylic acids is 1. The summed E-state index contributed by atoms with van der Waals surface area (Å²) >= 11 is 0. The summed E-state index contributed by atoms with van der Waals surface area (Å²) < 4.78 is 23.0. The lowest BCUT2D eigenvalue weighted by molar-refractivity contribution is -0.870. The van der Waals surface area contributed by atoms with E-state index in [0.717, 1.165) is 148 Å². The highest BCUT2D eigenvalue weighted by Crippen LogP contribution is 2.17. The molecule has 1 N–H and O–H groups in total. The summed E-state index contributed by atoms with van der Waals surface area (Å²) in [7, 11) is 5.96. The van der Waals surface area contributed by atoms with Gasteiger partial charge in [0, 0.05) is 12.8 Å². The van der Waals surface area contributed by atoms with Crippen molar-refractivity contribution in [3.63, 3.8) is 0 Å². The number of unbranched alkanes of at least 4 members (excludes halogenated alkanes) is 23. The lowest BCUT2D eigenvalue weighted by Gasteiger charge is -2.25. The molecule has 0 aromatic heterocycles. The third kappa shape index (κ3) is 81.0. The molecule has 2 unspecified atom stereocenters. The lowest BCUT2D eigenvalue weighted by atomic mass is 10.0. The molecule has 0 aromatic rings. The molecule has 568 valence electrons. The van der Waals surface area contributed by atoms with Crippen LogP contribution in [0.5, 0.6) is 0 Å². The normalized spacial score (nSPS) is 13.8. The van der Waals surface area contributed by atoms with Crippen molar-refractivity contribution in [3.05, 3.63) is 207 Å². The van der Waals surface area contributed by atoms with E-state index in [2.05, 4.69) is 220 Å². The van der Waals surface area contributed by atoms with Gasteiger partial charge in [0.05, 0.1) is 34.4 Å². The molecule has 0 fully saturated rings. The predicted octanol–water partition coefficient (Wildman–Crippen LogP) is 26.3. The summed E-state index contributed by atoms with van der Waals surface area (Å²) in [6, 6.07) is 0. The molecule has 0 rings (SSSR count). The van der Waals surface area contributed by atoms with Gasteiger partial charge in [0.15, 0.2) is 6.10 Å². The summed E-state index contributed by atoms with van der Waals surface area (Å²) in [5.41, 5.74) is 0. The molecule has 0 heterocycles. The maximum Gasteiger partial charge on any atom is 0.361 e. The number of rotatable bonds is 72. The van der Waals surface area contributed by atoms with Crippen LogP contribution in [0, 0.1) is 0 Å². The van der Waals surface area contributed by atoms with Crippen molar-refractivity contribution in [2.24, 2.45) is 0 Å². The number of carbonyl (C=O) groups excluding carboxylic acids is 2. The largest absolute Gasteiger partial charge is 0.477 e. The van der Waals surface area contributed by atoms with Gasteiger partial charge in [-0.1, -0.05) is 342 Å². The highest BCUT2D eigenvalue weighted by atomic mass is 16.7. The van der Waals surface area contributed by atoms with E-state index in [1.54, 1.807) is 0 Å². The smallest absolute Gasteiger partial charge is 0.361 e. The molecular weight excluding hydrogens is 1250 g/mol. The Morgan fingerprint density at radius 1 is 0.297 bits per heavy atom. The minimum Gasteiger partial charge on any atom is -0.477 e. The van der Waals surface area contributed by atoms with Crippen molar-refractivity contribution < 1.29 is 42.9 Å². The van der Waals surface area contributed by atoms with E-state index >= 15 is 0 Å². The van der Waals surface area contributed by atoms with Crippen molar-refractivity contribution in [2.45, 2.75) is 309 Å². The first-order valence-electron chi connectivity index (χ1n) is 40.2. The third-order valence-corrected chi connectivity index (χ3v) is 16.5. The predicted molar refractivity (Wildman–Crippen MR) is 437 cm³/mol. The van der Waals surface area contributed by atoms with Gasteiger partial charge < -0.3 is 28.5 Å². The SMILES string of the molecule is CC/C=C\C/C=C\C/C=C\C/C=C\C/C=C\C/C=C\C/C=C\C/C=C\C/C=C\C/C=C\C/C=C\CCCCCC(=O)OC(COC(=O)CCCCCCCCCCCCCCCCCCCCCC/C=C\C/C=C\C/C=C\C/C=C\C/C=C\C/C=C\CC)COC(OCC[N+](C)(C)C)C(=O)O. The van der Waals surface area contributed by atoms with E-state index < -0.39 is 24.3 Å². The Hall–Kier alpha value is -6.13. The first-order chi connectivity index (χ1) is 49.6. The quantitative estimate of drug-likeness (QED) is 0.0211. The van der Waals surface area contributed by atoms with Crippen LogP contribution in [-0.2, 0) is 33.3 Å². The van der Waals surface area contributed by atoms with Crippen LogP contribution >= 0.6 is 0 Å². The van der Waals surface area contributed by atoms with Crippen molar-refractivity contribution in [3.8, 4) is 0 Å². The number of carboxylic acids is 1. The number of quaternary nitrogens is 1. The second kappa shape index (κ2) is 79.6. The minimum absolute atomic E-state index is 0.172. The highest BCUT2D eigenvalue weighted by Gasteiger charge is 2.25. The number of carboxylic acid groups (broad SMARTS) is 1. The van der Waals surface area contributed by atoms with E-state index in [-0.39, 0.29) is 38.6 Å². The Labute approximate surface area is 620 Å². The fraction of sp³-hybridized carbons (Fsp3) is 0.598. The van der Waals surface area contributed by atoms with Gasteiger partial charge in [0.25, 0.3) is 6.29 Å². The minimum atomic E-state index is -1.53. The molecular formula is C92H148NO8+. The first kappa shape index (κ1) is 94.9. The van der Waals surface area contributed by atoms with E-state index in [1.807, 2.05) is 21.1 Å². The molecule has 101 heavy (non-hydrogen) atoms. The number of carbonyl (C=O) groups is 3.